The molecule has 1 fully saturated rings. The molecule has 1 aliphatic rings. The minimum absolute atomic E-state index is 0.0511. The van der Waals surface area contributed by atoms with E-state index < -0.39 is 11.7 Å². The Morgan fingerprint density at radius 2 is 2.00 bits per heavy atom. The number of rotatable bonds is 3. The number of hydrogen-bond donors (Lipinski definition) is 1. The van der Waals surface area contributed by atoms with Gasteiger partial charge >= 0.3 is 6.18 Å². The van der Waals surface area contributed by atoms with Gasteiger partial charge < -0.3 is 10.5 Å². The highest BCUT2D eigenvalue weighted by Crippen LogP contribution is 2.39. The summed E-state index contributed by atoms with van der Waals surface area (Å²) in [5.74, 6) is -0.0906. The molecule has 1 saturated carbocycles. The van der Waals surface area contributed by atoms with Crippen LogP contribution in [0.4, 0.5) is 13.2 Å². The Bertz CT molecular complexity index is 385. The van der Waals surface area contributed by atoms with E-state index in [4.69, 9.17) is 10.5 Å². The number of hydrogen-bond acceptors (Lipinski definition) is 2. The van der Waals surface area contributed by atoms with Gasteiger partial charge in [0.25, 0.3) is 0 Å². The minimum Gasteiger partial charge on any atom is -0.490 e. The minimum atomic E-state index is -4.39. The van der Waals surface area contributed by atoms with Crippen LogP contribution in [0.25, 0.3) is 0 Å². The van der Waals surface area contributed by atoms with Crippen molar-refractivity contribution in [3.8, 4) is 5.75 Å². The van der Waals surface area contributed by atoms with Crippen LogP contribution in [-0.4, -0.2) is 6.10 Å². The van der Waals surface area contributed by atoms with Crippen molar-refractivity contribution >= 4 is 0 Å². The lowest BCUT2D eigenvalue weighted by atomic mass is 10.1. The highest BCUT2D eigenvalue weighted by atomic mass is 19.4. The van der Waals surface area contributed by atoms with E-state index in [1.54, 1.807) is 6.07 Å². The highest BCUT2D eigenvalue weighted by Gasteiger charge is 2.36. The van der Waals surface area contributed by atoms with E-state index in [1.165, 1.54) is 6.07 Å². The molecule has 88 valence electrons. The van der Waals surface area contributed by atoms with E-state index in [-0.39, 0.29) is 18.4 Å². The van der Waals surface area contributed by atoms with Gasteiger partial charge in [0.2, 0.25) is 0 Å². The van der Waals surface area contributed by atoms with Gasteiger partial charge in [-0.05, 0) is 30.5 Å². The third-order valence-electron chi connectivity index (χ3n) is 2.40. The molecule has 0 atom stereocenters. The van der Waals surface area contributed by atoms with E-state index in [1.807, 2.05) is 0 Å². The molecular formula is C11H12F3NO. The molecule has 0 aliphatic heterocycles. The van der Waals surface area contributed by atoms with Crippen molar-refractivity contribution in [2.24, 2.45) is 5.73 Å². The Labute approximate surface area is 91.2 Å². The molecule has 1 aliphatic carbocycles. The van der Waals surface area contributed by atoms with Gasteiger partial charge in [-0.3, -0.25) is 0 Å². The van der Waals surface area contributed by atoms with Crippen LogP contribution in [0, 0.1) is 0 Å². The molecule has 2 N–H and O–H groups in total. The topological polar surface area (TPSA) is 35.2 Å². The fraction of sp³-hybridized carbons (Fsp3) is 0.455. The number of ether oxygens (including phenoxy) is 1. The van der Waals surface area contributed by atoms with Gasteiger partial charge in [0, 0.05) is 6.54 Å². The molecule has 0 bridgehead atoms. The van der Waals surface area contributed by atoms with Gasteiger partial charge in [0.15, 0.2) is 0 Å². The fourth-order valence-corrected chi connectivity index (χ4v) is 1.39. The van der Waals surface area contributed by atoms with Crippen molar-refractivity contribution in [1.29, 1.82) is 0 Å². The van der Waals surface area contributed by atoms with Crippen molar-refractivity contribution in [3.05, 3.63) is 29.3 Å². The van der Waals surface area contributed by atoms with Crippen molar-refractivity contribution < 1.29 is 17.9 Å². The summed E-state index contributed by atoms with van der Waals surface area (Å²) in [4.78, 5) is 0. The smallest absolute Gasteiger partial charge is 0.419 e. The number of benzene rings is 1. The van der Waals surface area contributed by atoms with Crippen molar-refractivity contribution in [2.45, 2.75) is 31.7 Å². The Morgan fingerprint density at radius 1 is 1.31 bits per heavy atom. The molecule has 0 saturated heterocycles. The molecule has 1 aromatic rings. The summed E-state index contributed by atoms with van der Waals surface area (Å²) in [5, 5.41) is 0. The molecule has 1 aromatic carbocycles. The maximum Gasteiger partial charge on any atom is 0.419 e. The average Bonchev–Trinajstić information content (AvgIpc) is 3.01. The molecule has 0 heterocycles. The molecule has 5 heteroatoms. The van der Waals surface area contributed by atoms with E-state index >= 15 is 0 Å². The second-order valence-corrected chi connectivity index (χ2v) is 3.85. The molecule has 2 nitrogen and oxygen atoms in total. The van der Waals surface area contributed by atoms with E-state index in [9.17, 15) is 13.2 Å². The lowest BCUT2D eigenvalue weighted by Crippen LogP contribution is -2.11. The lowest BCUT2D eigenvalue weighted by Gasteiger charge is -2.14. The maximum absolute atomic E-state index is 12.7. The molecule has 0 amide bonds. The van der Waals surface area contributed by atoms with Crippen LogP contribution in [0.2, 0.25) is 0 Å². The zero-order valence-electron chi connectivity index (χ0n) is 8.55. The zero-order chi connectivity index (χ0) is 11.8. The first-order valence-corrected chi connectivity index (χ1v) is 5.07. The van der Waals surface area contributed by atoms with Crippen molar-refractivity contribution in [2.75, 3.05) is 0 Å². The second-order valence-electron chi connectivity index (χ2n) is 3.85. The predicted octanol–water partition coefficient (Wildman–Crippen LogP) is 2.71. The van der Waals surface area contributed by atoms with E-state index in [0.29, 0.717) is 5.56 Å². The van der Waals surface area contributed by atoms with Crippen LogP contribution in [-0.2, 0) is 12.7 Å². The summed E-state index contributed by atoms with van der Waals surface area (Å²) in [7, 11) is 0. The highest BCUT2D eigenvalue weighted by molar-refractivity contribution is 5.39. The number of halogens is 3. The largest absolute Gasteiger partial charge is 0.490 e. The van der Waals surface area contributed by atoms with E-state index in [2.05, 4.69) is 0 Å². The van der Waals surface area contributed by atoms with E-state index in [0.717, 1.165) is 18.9 Å². The standard InChI is InChI=1S/C11H12F3NO/c12-11(13,14)9-5-7(6-15)1-4-10(9)16-8-2-3-8/h1,4-5,8H,2-3,6,15H2. The van der Waals surface area contributed by atoms with Crippen molar-refractivity contribution in [3.63, 3.8) is 0 Å². The number of alkyl halides is 3. The first-order chi connectivity index (χ1) is 7.50. The fourth-order valence-electron chi connectivity index (χ4n) is 1.39. The number of nitrogens with two attached hydrogens (primary N) is 1. The van der Waals surface area contributed by atoms with Crippen LogP contribution < -0.4 is 10.5 Å². The normalized spacial score (nSPS) is 16.2. The summed E-state index contributed by atoms with van der Waals surface area (Å²) in [6, 6.07) is 3.97. The van der Waals surface area contributed by atoms with Gasteiger partial charge in [0.1, 0.15) is 5.75 Å². The Balaban J connectivity index is 2.33. The molecule has 0 aromatic heterocycles. The summed E-state index contributed by atoms with van der Waals surface area (Å²) < 4.78 is 43.4. The van der Waals surface area contributed by atoms with Crippen molar-refractivity contribution in [1.82, 2.24) is 0 Å². The Kier molecular flexibility index (Phi) is 2.80. The molecule has 16 heavy (non-hydrogen) atoms. The quantitative estimate of drug-likeness (QED) is 0.868. The maximum atomic E-state index is 12.7. The molecule has 0 unspecified atom stereocenters. The first kappa shape index (κ1) is 11.3. The summed E-state index contributed by atoms with van der Waals surface area (Å²) in [6.45, 7) is 0.0901. The third-order valence-corrected chi connectivity index (χ3v) is 2.40. The third kappa shape index (κ3) is 2.47. The van der Waals surface area contributed by atoms with Crippen LogP contribution in [0.5, 0.6) is 5.75 Å². The molecule has 0 spiro atoms. The summed E-state index contributed by atoms with van der Waals surface area (Å²) in [5.41, 5.74) is 5.04. The Hall–Kier alpha value is -1.23. The van der Waals surface area contributed by atoms with Crippen LogP contribution in [0.3, 0.4) is 0 Å². The first-order valence-electron chi connectivity index (χ1n) is 5.07. The molecule has 0 radical (unpaired) electrons. The lowest BCUT2D eigenvalue weighted by molar-refractivity contribution is -0.139. The van der Waals surface area contributed by atoms with Gasteiger partial charge in [-0.2, -0.15) is 13.2 Å². The predicted molar refractivity (Wildman–Crippen MR) is 53.0 cm³/mol. The monoisotopic (exact) mass is 231 g/mol. The van der Waals surface area contributed by atoms with Gasteiger partial charge in [-0.15, -0.1) is 0 Å². The Morgan fingerprint density at radius 3 is 2.50 bits per heavy atom. The summed E-state index contributed by atoms with van der Waals surface area (Å²) in [6.07, 6.45) is -2.79. The molecular weight excluding hydrogens is 219 g/mol. The van der Waals surface area contributed by atoms with Gasteiger partial charge in [-0.25, -0.2) is 0 Å². The van der Waals surface area contributed by atoms with Gasteiger partial charge in [0.05, 0.1) is 11.7 Å². The van der Waals surface area contributed by atoms with Crippen LogP contribution in [0.1, 0.15) is 24.0 Å². The average molecular weight is 231 g/mol. The SMILES string of the molecule is NCc1ccc(OC2CC2)c(C(F)(F)F)c1. The summed E-state index contributed by atoms with van der Waals surface area (Å²) >= 11 is 0. The van der Waals surface area contributed by atoms with Crippen LogP contribution in [0.15, 0.2) is 18.2 Å². The van der Waals surface area contributed by atoms with Crippen LogP contribution >= 0.6 is 0 Å². The molecule has 2 rings (SSSR count). The van der Waals surface area contributed by atoms with Gasteiger partial charge in [-0.1, -0.05) is 6.07 Å². The second kappa shape index (κ2) is 3.97. The zero-order valence-corrected chi connectivity index (χ0v) is 8.55.